The van der Waals surface area contributed by atoms with Crippen LogP contribution in [0.4, 0.5) is 5.69 Å². The van der Waals surface area contributed by atoms with Crippen molar-refractivity contribution in [2.24, 2.45) is 5.92 Å². The van der Waals surface area contributed by atoms with Crippen molar-refractivity contribution in [3.05, 3.63) is 163 Å². The van der Waals surface area contributed by atoms with Crippen molar-refractivity contribution in [2.45, 2.75) is 45.9 Å². The lowest BCUT2D eigenvalue weighted by Gasteiger charge is -2.38. The van der Waals surface area contributed by atoms with E-state index in [2.05, 4.69) is 30.5 Å². The monoisotopic (exact) mass is 1130 g/mol. The number of nitrogens with two attached hydrogens (primary N) is 1. The first-order chi connectivity index (χ1) is 39.2. The molecular weight excluding hydrogens is 1070 g/mol. The molecule has 7 N–H and O–H groups in total. The largest absolute Gasteiger partial charge is 0.872 e. The maximum absolute atomic E-state index is 14.3. The highest BCUT2D eigenvalue weighted by Gasteiger charge is 2.40. The van der Waals surface area contributed by atoms with Crippen LogP contribution >= 0.6 is 0 Å². The van der Waals surface area contributed by atoms with E-state index in [1.54, 1.807) is 11.0 Å². The van der Waals surface area contributed by atoms with Gasteiger partial charge in [0.05, 0.1) is 29.9 Å². The first-order valence-electron chi connectivity index (χ1n) is 26.1. The molecule has 4 aromatic rings. The fourth-order valence-electron chi connectivity index (χ4n) is 11.3. The Morgan fingerprint density at radius 1 is 0.817 bits per heavy atom. The number of nitrogens with one attached hydrogen (secondary N) is 2. The Morgan fingerprint density at radius 2 is 1.46 bits per heavy atom. The number of hydrogen-bond acceptors (Lipinski definition) is 16. The van der Waals surface area contributed by atoms with Crippen LogP contribution < -0.4 is 26.8 Å². The van der Waals surface area contributed by atoms with Gasteiger partial charge in [-0.25, -0.2) is 9.69 Å². The van der Waals surface area contributed by atoms with Crippen LogP contribution in [0.15, 0.2) is 117 Å². The zero-order valence-corrected chi connectivity index (χ0v) is 45.9. The van der Waals surface area contributed by atoms with E-state index in [0.717, 1.165) is 44.0 Å². The van der Waals surface area contributed by atoms with E-state index < -0.39 is 82.7 Å². The van der Waals surface area contributed by atoms with Crippen molar-refractivity contribution in [3.63, 3.8) is 0 Å². The van der Waals surface area contributed by atoms with Crippen LogP contribution in [-0.4, -0.2) is 133 Å². The van der Waals surface area contributed by atoms with Gasteiger partial charge >= 0.3 is 17.9 Å². The molecule has 4 aromatic carbocycles. The van der Waals surface area contributed by atoms with Gasteiger partial charge in [0.1, 0.15) is 32.9 Å². The van der Waals surface area contributed by atoms with Crippen LogP contribution in [0.2, 0.25) is 13.1 Å². The van der Waals surface area contributed by atoms with Crippen LogP contribution in [0.3, 0.4) is 0 Å². The minimum atomic E-state index is -2.22. The standard InChI is InChI=1S/C60H58N6O15Si/c1-33-20-35(4-8-39(33)54-41-10-6-37(61)22-50(41)82(2,3)51-23-38(62)7-11-42(51)54)58(75)63-24-34-16-18-66(19-17-34)59(76)36-5-9-40(45(21-36)60(77)78)55-43-12-14-48(69)46(25-64(27-52(71)72)28-53(73)74)56(43)81-57-44(55)13-15-49(70)47(57)26-65(29-79-31-67)30-80-32-68/h4-15,20-23,31-32,34,61,70H,16-19,24-30,62H2,1-3H3,(H,63,75)(H,71,72)(H,73,74)(H,77,78)/p-1. The summed E-state index contributed by atoms with van der Waals surface area (Å²) in [5, 5.41) is 57.9. The Kier molecular flexibility index (Phi) is 16.5. The van der Waals surface area contributed by atoms with E-state index in [9.17, 15) is 58.8 Å². The molecule has 0 spiro atoms. The molecule has 1 fully saturated rings. The summed E-state index contributed by atoms with van der Waals surface area (Å²) in [6.45, 7) is 4.22. The summed E-state index contributed by atoms with van der Waals surface area (Å²) < 4.78 is 16.2. The Hall–Kier alpha value is -9.51. The number of ether oxygens (including phenoxy) is 2. The predicted octanol–water partition coefficient (Wildman–Crippen LogP) is 5.33. The summed E-state index contributed by atoms with van der Waals surface area (Å²) in [4.78, 5) is 105. The number of carboxylic acid groups (broad SMARTS) is 3. The third kappa shape index (κ3) is 11.6. The number of carbonyl (C=O) groups is 7. The summed E-state index contributed by atoms with van der Waals surface area (Å²) >= 11 is 0. The molecule has 0 aromatic heterocycles. The molecule has 9 rings (SSSR count). The lowest BCUT2D eigenvalue weighted by molar-refractivity contribution is -0.269. The second kappa shape index (κ2) is 23.7. The summed E-state index contributed by atoms with van der Waals surface area (Å²) in [5.41, 5.74) is 11.7. The van der Waals surface area contributed by atoms with Crippen molar-refractivity contribution in [1.82, 2.24) is 20.0 Å². The van der Waals surface area contributed by atoms with Gasteiger partial charge < -0.3 is 55.7 Å². The number of aryl methyl sites for hydroxylation is 1. The van der Waals surface area contributed by atoms with Crippen molar-refractivity contribution in [3.8, 4) is 28.2 Å². The number of amides is 2. The van der Waals surface area contributed by atoms with Crippen LogP contribution in [0, 0.1) is 18.3 Å². The molecule has 22 heteroatoms. The number of allylic oxidation sites excluding steroid dienone is 5. The van der Waals surface area contributed by atoms with Gasteiger partial charge in [-0.2, -0.15) is 0 Å². The van der Waals surface area contributed by atoms with E-state index in [1.165, 1.54) is 46.5 Å². The molecule has 0 bridgehead atoms. The van der Waals surface area contributed by atoms with E-state index in [4.69, 9.17) is 25.0 Å². The Balaban J connectivity index is 0.965. The lowest BCUT2D eigenvalue weighted by Crippen LogP contribution is -2.49. The van der Waals surface area contributed by atoms with Gasteiger partial charge in [0.15, 0.2) is 5.43 Å². The first-order valence-corrected chi connectivity index (χ1v) is 29.1. The molecule has 82 heavy (non-hydrogen) atoms. The third-order valence-corrected chi connectivity index (χ3v) is 18.8. The Morgan fingerprint density at radius 3 is 2.12 bits per heavy atom. The minimum absolute atomic E-state index is 0.0182. The van der Waals surface area contributed by atoms with Gasteiger partial charge in [-0.05, 0) is 130 Å². The maximum Gasteiger partial charge on any atom is 0.336 e. The molecule has 0 radical (unpaired) electrons. The normalized spacial score (nSPS) is 14.8. The van der Waals surface area contributed by atoms with E-state index in [1.807, 2.05) is 43.3 Å². The number of anilines is 1. The number of likely N-dealkylation sites (tertiary alicyclic amines) is 1. The molecule has 0 atom stereocenters. The van der Waals surface area contributed by atoms with Gasteiger partial charge in [0.25, 0.3) is 24.8 Å². The zero-order valence-electron chi connectivity index (χ0n) is 44.9. The molecule has 1 saturated heterocycles. The van der Waals surface area contributed by atoms with Crippen LogP contribution in [0.1, 0.15) is 71.7 Å². The minimum Gasteiger partial charge on any atom is -0.872 e. The average Bonchev–Trinajstić information content (AvgIpc) is 3.49. The van der Waals surface area contributed by atoms with Crippen LogP contribution in [-0.2, 0) is 41.7 Å². The molecule has 3 heterocycles. The highest BCUT2D eigenvalue weighted by atomic mass is 28.3. The molecule has 0 saturated carbocycles. The smallest absolute Gasteiger partial charge is 0.336 e. The Labute approximate surface area is 470 Å². The summed E-state index contributed by atoms with van der Waals surface area (Å²) in [7, 11) is -2.22. The maximum atomic E-state index is 14.3. The number of fused-ring (bicyclic) bond motifs is 4. The number of nitrogen functional groups attached to an aromatic ring is 1. The highest BCUT2D eigenvalue weighted by Crippen LogP contribution is 2.46. The SMILES string of the molecule is Cc1cc(C(=O)NCC2CCN(C(=O)c3ccc(-c4c5ccc(=O)c(CN(CC(=O)O)CC(=O)O)c-5oc5c(CN(COC=O)COC=O)c([O-])ccc45)c(C(=O)O)c3)CC2)ccc1C1=C2C=CC(=N)C=C2[Si](C)(C)c2cc(N)ccc21. The fraction of sp³-hybridized carbons (Fsp3) is 0.250. The third-order valence-electron chi connectivity index (χ3n) is 15.2. The van der Waals surface area contributed by atoms with Crippen LogP contribution in [0.5, 0.6) is 5.75 Å². The van der Waals surface area contributed by atoms with E-state index >= 15 is 0 Å². The predicted molar refractivity (Wildman–Crippen MR) is 302 cm³/mol. The average molecular weight is 1130 g/mol. The highest BCUT2D eigenvalue weighted by molar-refractivity contribution is 6.98. The number of rotatable bonds is 21. The first kappa shape index (κ1) is 57.2. The van der Waals surface area contributed by atoms with Gasteiger partial charge in [-0.15, -0.1) is 5.75 Å². The molecular formula is C60H57N6O15Si-. The van der Waals surface area contributed by atoms with E-state index in [0.29, 0.717) is 49.4 Å². The summed E-state index contributed by atoms with van der Waals surface area (Å²) in [5.74, 6) is -5.81. The Bertz CT molecular complexity index is 3750. The summed E-state index contributed by atoms with van der Waals surface area (Å²) in [6.07, 6.45) is 6.85. The fourth-order valence-corrected chi connectivity index (χ4v) is 14.4. The molecule has 422 valence electrons. The van der Waals surface area contributed by atoms with Crippen molar-refractivity contribution in [1.29, 1.82) is 5.41 Å². The quantitative estimate of drug-likeness (QED) is 0.0174. The number of hydrogen-bond donors (Lipinski definition) is 6. The van der Waals surface area contributed by atoms with Gasteiger partial charge in [0, 0.05) is 71.6 Å². The number of piperidine rings is 1. The second-order valence-electron chi connectivity index (χ2n) is 21.0. The summed E-state index contributed by atoms with van der Waals surface area (Å²) in [6, 6.07) is 20.8. The zero-order chi connectivity index (χ0) is 58.7. The second-order valence-corrected chi connectivity index (χ2v) is 25.3. The van der Waals surface area contributed by atoms with Gasteiger partial charge in [0.2, 0.25) is 0 Å². The number of nitrogens with zero attached hydrogens (tertiary/aromatic N) is 3. The molecule has 0 unspecified atom stereocenters. The number of benzene rings is 5. The van der Waals surface area contributed by atoms with E-state index in [-0.39, 0.29) is 80.4 Å². The van der Waals surface area contributed by atoms with Gasteiger partial charge in [-0.3, -0.25) is 38.5 Å². The topological polar surface area (TPSA) is 324 Å². The van der Waals surface area contributed by atoms with Gasteiger partial charge in [-0.1, -0.05) is 49.5 Å². The van der Waals surface area contributed by atoms with Crippen molar-refractivity contribution >= 4 is 83.9 Å². The molecule has 21 nitrogen and oxygen atoms in total. The van der Waals surface area contributed by atoms with Crippen molar-refractivity contribution < 1.29 is 67.9 Å². The lowest BCUT2D eigenvalue weighted by atomic mass is 9.87. The molecule has 5 aliphatic rings. The molecule has 2 aliphatic carbocycles. The van der Waals surface area contributed by atoms with Crippen LogP contribution in [0.25, 0.3) is 39.0 Å². The molecule has 2 amide bonds. The number of aliphatic carboxylic acids is 2. The number of aromatic carboxylic acids is 1. The number of carbonyl (C=O) groups excluding carboxylic acids is 4. The number of carboxylic acids is 3. The molecule has 3 aliphatic heterocycles. The van der Waals surface area contributed by atoms with Crippen molar-refractivity contribution in [2.75, 3.05) is 51.9 Å².